The first kappa shape index (κ1) is 17.2. The third kappa shape index (κ3) is 4.43. The molecular weight excluding hydrogens is 344 g/mol. The van der Waals surface area contributed by atoms with Crippen LogP contribution in [-0.2, 0) is 11.2 Å². The number of carbonyl (C=O) groups excluding carboxylic acids is 1. The van der Waals surface area contributed by atoms with E-state index in [1.54, 1.807) is 18.2 Å². The fourth-order valence-corrected chi connectivity index (χ4v) is 2.53. The highest BCUT2D eigenvalue weighted by Crippen LogP contribution is 2.25. The Labute approximate surface area is 141 Å². The molecule has 0 aliphatic heterocycles. The standard InChI is InChI=1S/C16H12Cl2FNO3/c17-12-2-1-3-13(18)11(12)8-14(16(22)23)20-15(21)9-4-6-10(19)7-5-9/h1-7,14H,8H2,(H,20,21)(H,22,23)/t14-/m1/s1. The number of hydrogen-bond acceptors (Lipinski definition) is 2. The number of rotatable bonds is 5. The zero-order chi connectivity index (χ0) is 17.0. The van der Waals surface area contributed by atoms with Gasteiger partial charge in [-0.2, -0.15) is 0 Å². The van der Waals surface area contributed by atoms with E-state index in [0.717, 1.165) is 12.1 Å². The number of carboxylic acid groups (broad SMARTS) is 1. The lowest BCUT2D eigenvalue weighted by Crippen LogP contribution is -2.42. The summed E-state index contributed by atoms with van der Waals surface area (Å²) in [6, 6.07) is 8.38. The predicted octanol–water partition coefficient (Wildman–Crippen LogP) is 3.56. The maximum Gasteiger partial charge on any atom is 0.326 e. The van der Waals surface area contributed by atoms with Crippen molar-refractivity contribution in [3.8, 4) is 0 Å². The number of hydrogen-bond donors (Lipinski definition) is 2. The smallest absolute Gasteiger partial charge is 0.326 e. The van der Waals surface area contributed by atoms with Crippen molar-refractivity contribution < 1.29 is 19.1 Å². The SMILES string of the molecule is O=C(N[C@H](Cc1c(Cl)cccc1Cl)C(=O)O)c1ccc(F)cc1. The second-order valence-corrected chi connectivity index (χ2v) is 5.59. The molecule has 120 valence electrons. The molecule has 0 heterocycles. The molecule has 23 heavy (non-hydrogen) atoms. The second-order valence-electron chi connectivity index (χ2n) is 4.78. The van der Waals surface area contributed by atoms with Gasteiger partial charge in [0, 0.05) is 22.0 Å². The molecule has 0 unspecified atom stereocenters. The van der Waals surface area contributed by atoms with Crippen molar-refractivity contribution in [3.05, 3.63) is 69.5 Å². The number of nitrogens with one attached hydrogen (secondary N) is 1. The maximum atomic E-state index is 12.9. The number of amides is 1. The molecule has 0 aromatic heterocycles. The van der Waals surface area contributed by atoms with Crippen molar-refractivity contribution in [3.63, 3.8) is 0 Å². The van der Waals surface area contributed by atoms with Crippen LogP contribution in [0.1, 0.15) is 15.9 Å². The Balaban J connectivity index is 2.17. The molecule has 2 aromatic rings. The average molecular weight is 356 g/mol. The number of carboxylic acids is 1. The van der Waals surface area contributed by atoms with E-state index in [0.29, 0.717) is 15.6 Å². The Morgan fingerprint density at radius 3 is 2.17 bits per heavy atom. The van der Waals surface area contributed by atoms with Crippen LogP contribution in [-0.4, -0.2) is 23.0 Å². The number of carbonyl (C=O) groups is 2. The minimum absolute atomic E-state index is 0.0687. The molecule has 0 spiro atoms. The van der Waals surface area contributed by atoms with Gasteiger partial charge in [-0.05, 0) is 42.0 Å². The summed E-state index contributed by atoms with van der Waals surface area (Å²) in [7, 11) is 0. The third-order valence-electron chi connectivity index (χ3n) is 3.18. The van der Waals surface area contributed by atoms with Crippen molar-refractivity contribution in [2.45, 2.75) is 12.5 Å². The molecule has 4 nitrogen and oxygen atoms in total. The van der Waals surface area contributed by atoms with Gasteiger partial charge in [0.15, 0.2) is 0 Å². The summed E-state index contributed by atoms with van der Waals surface area (Å²) in [5, 5.41) is 12.3. The summed E-state index contributed by atoms with van der Waals surface area (Å²) in [5.74, 6) is -2.34. The average Bonchev–Trinajstić information content (AvgIpc) is 2.50. The summed E-state index contributed by atoms with van der Waals surface area (Å²) in [6.07, 6.45) is -0.0687. The lowest BCUT2D eigenvalue weighted by molar-refractivity contribution is -0.139. The Morgan fingerprint density at radius 2 is 1.65 bits per heavy atom. The first-order chi connectivity index (χ1) is 10.9. The molecule has 0 fully saturated rings. The van der Waals surface area contributed by atoms with Crippen molar-refractivity contribution in [1.82, 2.24) is 5.32 Å². The normalized spacial score (nSPS) is 11.8. The van der Waals surface area contributed by atoms with Crippen LogP contribution >= 0.6 is 23.2 Å². The molecule has 2 rings (SSSR count). The van der Waals surface area contributed by atoms with E-state index in [-0.39, 0.29) is 12.0 Å². The van der Waals surface area contributed by atoms with E-state index >= 15 is 0 Å². The summed E-state index contributed by atoms with van der Waals surface area (Å²) in [4.78, 5) is 23.5. The molecule has 1 atom stereocenters. The van der Waals surface area contributed by atoms with E-state index < -0.39 is 23.7 Å². The Hall–Kier alpha value is -2.11. The van der Waals surface area contributed by atoms with Crippen LogP contribution in [0.25, 0.3) is 0 Å². The highest BCUT2D eigenvalue weighted by Gasteiger charge is 2.23. The van der Waals surface area contributed by atoms with Gasteiger partial charge in [0.05, 0.1) is 0 Å². The van der Waals surface area contributed by atoms with Crippen LogP contribution in [0.15, 0.2) is 42.5 Å². The van der Waals surface area contributed by atoms with Gasteiger partial charge in [0.1, 0.15) is 11.9 Å². The molecule has 0 bridgehead atoms. The lowest BCUT2D eigenvalue weighted by atomic mass is 10.1. The van der Waals surface area contributed by atoms with Crippen LogP contribution in [0, 0.1) is 5.82 Å². The van der Waals surface area contributed by atoms with Gasteiger partial charge >= 0.3 is 5.97 Å². The largest absolute Gasteiger partial charge is 0.480 e. The van der Waals surface area contributed by atoms with E-state index in [4.69, 9.17) is 23.2 Å². The van der Waals surface area contributed by atoms with Crippen molar-refractivity contribution in [1.29, 1.82) is 0 Å². The highest BCUT2D eigenvalue weighted by molar-refractivity contribution is 6.36. The van der Waals surface area contributed by atoms with Crippen molar-refractivity contribution in [2.24, 2.45) is 0 Å². The molecule has 1 amide bonds. The quantitative estimate of drug-likeness (QED) is 0.861. The van der Waals surface area contributed by atoms with E-state index in [2.05, 4.69) is 5.32 Å². The number of halogens is 3. The summed E-state index contributed by atoms with van der Waals surface area (Å²) in [5.41, 5.74) is 0.588. The third-order valence-corrected chi connectivity index (χ3v) is 3.89. The number of benzene rings is 2. The van der Waals surface area contributed by atoms with Crippen LogP contribution in [0.2, 0.25) is 10.0 Å². The zero-order valence-corrected chi connectivity index (χ0v) is 13.2. The molecule has 0 aliphatic rings. The maximum absolute atomic E-state index is 12.9. The summed E-state index contributed by atoms with van der Waals surface area (Å²) >= 11 is 12.0. The molecule has 0 radical (unpaired) electrons. The van der Waals surface area contributed by atoms with Gasteiger partial charge in [-0.1, -0.05) is 29.3 Å². The molecule has 0 saturated carbocycles. The molecule has 2 aromatic carbocycles. The van der Waals surface area contributed by atoms with Crippen LogP contribution in [0.4, 0.5) is 4.39 Å². The van der Waals surface area contributed by atoms with Crippen LogP contribution < -0.4 is 5.32 Å². The van der Waals surface area contributed by atoms with Gasteiger partial charge < -0.3 is 10.4 Å². The Bertz CT molecular complexity index is 714. The molecule has 7 heteroatoms. The lowest BCUT2D eigenvalue weighted by Gasteiger charge is -2.16. The second kappa shape index (κ2) is 7.44. The topological polar surface area (TPSA) is 66.4 Å². The molecule has 2 N–H and O–H groups in total. The zero-order valence-electron chi connectivity index (χ0n) is 11.7. The Morgan fingerprint density at radius 1 is 1.09 bits per heavy atom. The minimum atomic E-state index is -1.23. The van der Waals surface area contributed by atoms with Gasteiger partial charge in [-0.25, -0.2) is 9.18 Å². The van der Waals surface area contributed by atoms with Crippen molar-refractivity contribution in [2.75, 3.05) is 0 Å². The van der Waals surface area contributed by atoms with Gasteiger partial charge in [0.25, 0.3) is 5.91 Å². The van der Waals surface area contributed by atoms with Gasteiger partial charge in [-0.3, -0.25) is 4.79 Å². The first-order valence-electron chi connectivity index (χ1n) is 6.60. The van der Waals surface area contributed by atoms with Crippen LogP contribution in [0.3, 0.4) is 0 Å². The molecule has 0 saturated heterocycles. The monoisotopic (exact) mass is 355 g/mol. The summed E-state index contributed by atoms with van der Waals surface area (Å²) in [6.45, 7) is 0. The highest BCUT2D eigenvalue weighted by atomic mass is 35.5. The van der Waals surface area contributed by atoms with E-state index in [1.165, 1.54) is 12.1 Å². The van der Waals surface area contributed by atoms with Gasteiger partial charge in [-0.15, -0.1) is 0 Å². The van der Waals surface area contributed by atoms with E-state index in [1.807, 2.05) is 0 Å². The van der Waals surface area contributed by atoms with Gasteiger partial charge in [0.2, 0.25) is 0 Å². The minimum Gasteiger partial charge on any atom is -0.480 e. The predicted molar refractivity (Wildman–Crippen MR) is 85.5 cm³/mol. The first-order valence-corrected chi connectivity index (χ1v) is 7.36. The fraction of sp³-hybridized carbons (Fsp3) is 0.125. The molecule has 0 aliphatic carbocycles. The van der Waals surface area contributed by atoms with Crippen molar-refractivity contribution >= 4 is 35.1 Å². The number of aliphatic carboxylic acids is 1. The van der Waals surface area contributed by atoms with E-state index in [9.17, 15) is 19.1 Å². The summed E-state index contributed by atoms with van der Waals surface area (Å²) < 4.78 is 12.9. The fourth-order valence-electron chi connectivity index (χ4n) is 1.97. The van der Waals surface area contributed by atoms with Crippen LogP contribution in [0.5, 0.6) is 0 Å². The molecular formula is C16H12Cl2FNO3. The Kier molecular flexibility index (Phi) is 5.58.